The minimum Gasteiger partial charge on any atom is -0.508 e. The van der Waals surface area contributed by atoms with E-state index in [0.29, 0.717) is 12.2 Å². The van der Waals surface area contributed by atoms with Crippen molar-refractivity contribution in [2.24, 2.45) is 0 Å². The highest BCUT2D eigenvalue weighted by Gasteiger charge is 2.51. The third kappa shape index (κ3) is 6.17. The molecule has 5 rings (SSSR count). The number of rotatable bonds is 8. The van der Waals surface area contributed by atoms with Crippen LogP contribution in [-0.2, 0) is 29.1 Å². The van der Waals surface area contributed by atoms with Gasteiger partial charge in [-0.2, -0.15) is 0 Å². The Kier molecular flexibility index (Phi) is 8.21. The summed E-state index contributed by atoms with van der Waals surface area (Å²) in [6.45, 7) is 4.73. The average Bonchev–Trinajstić information content (AvgIpc) is 2.96. The van der Waals surface area contributed by atoms with E-state index in [1.54, 1.807) is 56.2 Å². The number of nitrogens with one attached hydrogen (secondary N) is 1. The number of hydrazine groups is 1. The molecule has 0 aromatic heterocycles. The molecule has 2 saturated heterocycles. The number of carbonyl (C=O) groups is 3. The maximum atomic E-state index is 14.0. The maximum Gasteiger partial charge on any atom is 0.334 e. The van der Waals surface area contributed by atoms with Crippen molar-refractivity contribution in [3.05, 3.63) is 108 Å². The minimum absolute atomic E-state index is 0.0736. The number of nitrogen functional groups attached to an aromatic ring is 1. The number of urea groups is 1. The van der Waals surface area contributed by atoms with E-state index in [9.17, 15) is 19.5 Å². The van der Waals surface area contributed by atoms with Crippen molar-refractivity contribution in [1.82, 2.24) is 25.1 Å². The van der Waals surface area contributed by atoms with Gasteiger partial charge in [-0.1, -0.05) is 60.7 Å². The molecule has 0 radical (unpaired) electrons. The van der Waals surface area contributed by atoms with Crippen LogP contribution in [0, 0.1) is 0 Å². The van der Waals surface area contributed by atoms with Crippen molar-refractivity contribution in [1.29, 1.82) is 0 Å². The second-order valence-electron chi connectivity index (χ2n) is 10.3. The van der Waals surface area contributed by atoms with Crippen molar-refractivity contribution >= 4 is 23.5 Å². The van der Waals surface area contributed by atoms with Crippen molar-refractivity contribution in [2.45, 2.75) is 31.7 Å². The van der Waals surface area contributed by atoms with Crippen LogP contribution in [-0.4, -0.2) is 74.6 Å². The van der Waals surface area contributed by atoms with Crippen molar-refractivity contribution in [3.63, 3.8) is 0 Å². The summed E-state index contributed by atoms with van der Waals surface area (Å²) in [7, 11) is 0. The first kappa shape index (κ1) is 27.7. The van der Waals surface area contributed by atoms with Crippen LogP contribution in [0.1, 0.15) is 16.7 Å². The molecule has 3 aromatic carbocycles. The van der Waals surface area contributed by atoms with E-state index >= 15 is 0 Å². The van der Waals surface area contributed by atoms with E-state index in [1.165, 1.54) is 0 Å². The van der Waals surface area contributed by atoms with Crippen LogP contribution < -0.4 is 11.1 Å². The highest BCUT2D eigenvalue weighted by molar-refractivity contribution is 5.91. The number of carbonyl (C=O) groups excluding carboxylic acids is 3. The van der Waals surface area contributed by atoms with Crippen molar-refractivity contribution < 1.29 is 19.5 Å². The quantitative estimate of drug-likeness (QED) is 0.291. The number of amides is 4. The summed E-state index contributed by atoms with van der Waals surface area (Å²) in [6.07, 6.45) is 1.13. The summed E-state index contributed by atoms with van der Waals surface area (Å²) in [4.78, 5) is 44.6. The molecule has 212 valence electrons. The van der Waals surface area contributed by atoms with E-state index in [1.807, 2.05) is 48.5 Å². The number of aromatic hydroxyl groups is 1. The molecule has 0 spiro atoms. The molecule has 2 fully saturated rings. The molecule has 0 saturated carbocycles. The van der Waals surface area contributed by atoms with E-state index in [-0.39, 0.29) is 56.2 Å². The molecule has 0 bridgehead atoms. The van der Waals surface area contributed by atoms with Gasteiger partial charge in [-0.3, -0.25) is 9.59 Å². The van der Waals surface area contributed by atoms with E-state index in [4.69, 9.17) is 5.73 Å². The van der Waals surface area contributed by atoms with Crippen LogP contribution in [0.4, 0.5) is 10.5 Å². The van der Waals surface area contributed by atoms with Gasteiger partial charge in [0.25, 0.3) is 0 Å². The molecular formula is C31H34N6O4. The molecule has 4 amide bonds. The maximum absolute atomic E-state index is 14.0. The Morgan fingerprint density at radius 2 is 1.73 bits per heavy atom. The zero-order valence-electron chi connectivity index (χ0n) is 22.7. The van der Waals surface area contributed by atoms with Gasteiger partial charge in [0.2, 0.25) is 11.8 Å². The Morgan fingerprint density at radius 3 is 2.44 bits per heavy atom. The number of anilines is 1. The summed E-state index contributed by atoms with van der Waals surface area (Å²) < 4.78 is 0. The molecule has 2 heterocycles. The number of nitrogens with zero attached hydrogens (tertiary/aromatic N) is 4. The number of piperazine rings is 1. The lowest BCUT2D eigenvalue weighted by atomic mass is 9.98. The number of phenolic OH excluding ortho intramolecular Hbond substituents is 1. The van der Waals surface area contributed by atoms with E-state index < -0.39 is 12.2 Å². The third-order valence-electron chi connectivity index (χ3n) is 7.35. The predicted molar refractivity (Wildman–Crippen MR) is 155 cm³/mol. The van der Waals surface area contributed by atoms with Crippen LogP contribution in [0.25, 0.3) is 0 Å². The first-order valence-corrected chi connectivity index (χ1v) is 13.5. The van der Waals surface area contributed by atoms with Crippen molar-refractivity contribution in [2.75, 3.05) is 25.4 Å². The number of hydrogen-bond acceptors (Lipinski definition) is 6. The fourth-order valence-corrected chi connectivity index (χ4v) is 5.47. The van der Waals surface area contributed by atoms with Crippen LogP contribution in [0.3, 0.4) is 0 Å². The molecule has 41 heavy (non-hydrogen) atoms. The summed E-state index contributed by atoms with van der Waals surface area (Å²) in [5.74, 6) is -0.350. The summed E-state index contributed by atoms with van der Waals surface area (Å²) in [5.41, 5.74) is 9.16. The Bertz CT molecular complexity index is 1410. The highest BCUT2D eigenvalue weighted by Crippen LogP contribution is 2.29. The van der Waals surface area contributed by atoms with Gasteiger partial charge in [0.1, 0.15) is 18.0 Å². The van der Waals surface area contributed by atoms with Crippen LogP contribution in [0.15, 0.2) is 91.5 Å². The largest absolute Gasteiger partial charge is 0.508 e. The Hall–Kier alpha value is -4.83. The smallest absolute Gasteiger partial charge is 0.334 e. The van der Waals surface area contributed by atoms with Gasteiger partial charge in [0.15, 0.2) is 0 Å². The second kappa shape index (κ2) is 12.1. The lowest BCUT2D eigenvalue weighted by molar-refractivity contribution is -0.189. The summed E-state index contributed by atoms with van der Waals surface area (Å²) in [6, 6.07) is 22.2. The molecule has 10 nitrogen and oxygen atoms in total. The zero-order valence-corrected chi connectivity index (χ0v) is 22.7. The topological polar surface area (TPSA) is 122 Å². The molecule has 0 aliphatic carbocycles. The number of fused-ring (bicyclic) bond motifs is 1. The SMILES string of the molecule is C=CCN1CC(=O)N2[C@@H](Cc3ccc(O)cc3)C(=O)N(Cc3cccc(N)c3)C[C@@H]2N1C(=O)NCc1ccccc1. The Morgan fingerprint density at radius 1 is 1.00 bits per heavy atom. The van der Waals surface area contributed by atoms with Gasteiger partial charge in [-0.05, 0) is 41.0 Å². The first-order valence-electron chi connectivity index (χ1n) is 13.5. The van der Waals surface area contributed by atoms with Crippen LogP contribution in [0.2, 0.25) is 0 Å². The molecule has 2 aliphatic heterocycles. The minimum atomic E-state index is -0.845. The molecule has 2 aliphatic rings. The normalized spacial score (nSPS) is 19.2. The molecule has 4 N–H and O–H groups in total. The van der Waals surface area contributed by atoms with Gasteiger partial charge >= 0.3 is 6.03 Å². The molecule has 3 aromatic rings. The number of nitrogens with two attached hydrogens (primary N) is 1. The molecular weight excluding hydrogens is 520 g/mol. The lowest BCUT2D eigenvalue weighted by Gasteiger charge is -2.55. The van der Waals surface area contributed by atoms with Crippen LogP contribution in [0.5, 0.6) is 5.75 Å². The summed E-state index contributed by atoms with van der Waals surface area (Å²) >= 11 is 0. The molecule has 0 unspecified atom stereocenters. The Labute approximate surface area is 239 Å². The van der Waals surface area contributed by atoms with Gasteiger partial charge < -0.3 is 26.0 Å². The van der Waals surface area contributed by atoms with Gasteiger partial charge in [0, 0.05) is 31.7 Å². The van der Waals surface area contributed by atoms with Gasteiger partial charge in [0.05, 0.1) is 13.1 Å². The van der Waals surface area contributed by atoms with E-state index in [2.05, 4.69) is 11.9 Å². The second-order valence-corrected chi connectivity index (χ2v) is 10.3. The number of phenols is 1. The van der Waals surface area contributed by atoms with Crippen molar-refractivity contribution in [3.8, 4) is 5.75 Å². The highest BCUT2D eigenvalue weighted by atomic mass is 16.3. The molecule has 2 atom stereocenters. The van der Waals surface area contributed by atoms with Crippen LogP contribution >= 0.6 is 0 Å². The fourth-order valence-electron chi connectivity index (χ4n) is 5.47. The third-order valence-corrected chi connectivity index (χ3v) is 7.35. The lowest BCUT2D eigenvalue weighted by Crippen LogP contribution is -2.76. The fraction of sp³-hybridized carbons (Fsp3) is 0.258. The summed E-state index contributed by atoms with van der Waals surface area (Å²) in [5, 5.41) is 16.0. The first-order chi connectivity index (χ1) is 19.8. The monoisotopic (exact) mass is 554 g/mol. The van der Waals surface area contributed by atoms with E-state index in [0.717, 1.165) is 16.7 Å². The number of benzene rings is 3. The standard InChI is InChI=1S/C31H34N6O4/c1-2-15-35-21-29(39)36-27(17-22-11-13-26(38)14-12-22)30(40)34(19-24-9-6-10-25(32)16-24)20-28(36)37(35)31(41)33-18-23-7-4-3-5-8-23/h2-14,16,27-28,38H,1,15,17-21,32H2,(H,33,41)/t27-,28-/m0/s1. The Balaban J connectivity index is 1.49. The number of hydrogen-bond donors (Lipinski definition) is 3. The predicted octanol–water partition coefficient (Wildman–Crippen LogP) is 2.71. The average molecular weight is 555 g/mol. The van der Waals surface area contributed by atoms with Gasteiger partial charge in [-0.15, -0.1) is 6.58 Å². The molecule has 10 heteroatoms. The van der Waals surface area contributed by atoms with Gasteiger partial charge in [-0.25, -0.2) is 14.8 Å². The zero-order chi connectivity index (χ0) is 28.9.